The van der Waals surface area contributed by atoms with Gasteiger partial charge in [-0.2, -0.15) is 0 Å². The average molecular weight is 340 g/mol. The van der Waals surface area contributed by atoms with Gasteiger partial charge in [0.05, 0.1) is 17.0 Å². The van der Waals surface area contributed by atoms with E-state index in [1.54, 1.807) is 13.8 Å². The number of nitrogens with one attached hydrogen (secondary N) is 1. The number of amides is 1. The Morgan fingerprint density at radius 3 is 2.48 bits per heavy atom. The van der Waals surface area contributed by atoms with Crippen molar-refractivity contribution >= 4 is 22.8 Å². The zero-order chi connectivity index (χ0) is 18.3. The summed E-state index contributed by atoms with van der Waals surface area (Å²) in [6, 6.07) is 5.48. The van der Waals surface area contributed by atoms with Gasteiger partial charge in [-0.05, 0) is 58.2 Å². The van der Waals surface area contributed by atoms with Crippen LogP contribution in [0.5, 0.6) is 0 Å². The number of carboxylic acids is 1. The molecule has 0 bridgehead atoms. The minimum Gasteiger partial charge on any atom is -0.481 e. The molecule has 2 aromatic rings. The molecule has 25 heavy (non-hydrogen) atoms. The highest BCUT2D eigenvalue weighted by molar-refractivity contribution is 6.07. The van der Waals surface area contributed by atoms with Crippen LogP contribution >= 0.6 is 0 Å². The van der Waals surface area contributed by atoms with Crippen molar-refractivity contribution in [2.45, 2.75) is 52.5 Å². The molecule has 0 aliphatic heterocycles. The van der Waals surface area contributed by atoms with Gasteiger partial charge in [0.15, 0.2) is 0 Å². The van der Waals surface area contributed by atoms with E-state index in [0.717, 1.165) is 40.6 Å². The second-order valence-electron chi connectivity index (χ2n) is 7.24. The standard InChI is InChI=1S/C20H24N2O3/c1-10-7-11(2)18-15(8-10)16(9-17(22-18)14-5-6-14)19(23)21-13(4)12(3)20(24)25/h7-9,12-14H,5-6H2,1-4H3,(H,21,23)(H,24,25). The first kappa shape index (κ1) is 17.4. The molecule has 1 aromatic carbocycles. The molecule has 0 saturated heterocycles. The summed E-state index contributed by atoms with van der Waals surface area (Å²) in [6.07, 6.45) is 2.22. The van der Waals surface area contributed by atoms with Gasteiger partial charge >= 0.3 is 5.97 Å². The smallest absolute Gasteiger partial charge is 0.308 e. The van der Waals surface area contributed by atoms with Crippen LogP contribution in [-0.2, 0) is 4.79 Å². The fraction of sp³-hybridized carbons (Fsp3) is 0.450. The summed E-state index contributed by atoms with van der Waals surface area (Å²) < 4.78 is 0. The van der Waals surface area contributed by atoms with Crippen LogP contribution in [-0.4, -0.2) is 28.0 Å². The first-order chi connectivity index (χ1) is 11.8. The average Bonchev–Trinajstić information content (AvgIpc) is 3.37. The van der Waals surface area contributed by atoms with Gasteiger partial charge in [0.25, 0.3) is 5.91 Å². The van der Waals surface area contributed by atoms with Crippen molar-refractivity contribution in [3.63, 3.8) is 0 Å². The lowest BCUT2D eigenvalue weighted by Gasteiger charge is -2.19. The van der Waals surface area contributed by atoms with E-state index in [1.165, 1.54) is 0 Å². The Morgan fingerprint density at radius 2 is 1.88 bits per heavy atom. The highest BCUT2D eigenvalue weighted by Crippen LogP contribution is 2.40. The zero-order valence-electron chi connectivity index (χ0n) is 15.1. The number of aryl methyl sites for hydroxylation is 2. The van der Waals surface area contributed by atoms with E-state index in [0.29, 0.717) is 11.5 Å². The third kappa shape index (κ3) is 3.50. The molecule has 1 heterocycles. The third-order valence-electron chi connectivity index (χ3n) is 5.01. The molecule has 0 spiro atoms. The summed E-state index contributed by atoms with van der Waals surface area (Å²) in [4.78, 5) is 28.8. The second-order valence-corrected chi connectivity index (χ2v) is 7.24. The van der Waals surface area contributed by atoms with E-state index < -0.39 is 17.9 Å². The van der Waals surface area contributed by atoms with E-state index in [-0.39, 0.29) is 5.91 Å². The van der Waals surface area contributed by atoms with Gasteiger partial charge < -0.3 is 10.4 Å². The summed E-state index contributed by atoms with van der Waals surface area (Å²) in [5.74, 6) is -1.37. The Hall–Kier alpha value is -2.43. The Balaban J connectivity index is 2.04. The molecule has 1 saturated carbocycles. The maximum Gasteiger partial charge on any atom is 0.308 e. The molecule has 5 heteroatoms. The van der Waals surface area contributed by atoms with Crippen LogP contribution in [0.25, 0.3) is 10.9 Å². The fourth-order valence-corrected chi connectivity index (χ4v) is 3.10. The number of aromatic nitrogens is 1. The molecule has 3 rings (SSSR count). The highest BCUT2D eigenvalue weighted by atomic mass is 16.4. The van der Waals surface area contributed by atoms with Crippen molar-refractivity contribution in [1.82, 2.24) is 10.3 Å². The number of benzene rings is 1. The van der Waals surface area contributed by atoms with Crippen LogP contribution in [0.3, 0.4) is 0 Å². The minimum absolute atomic E-state index is 0.236. The molecule has 132 valence electrons. The zero-order valence-corrected chi connectivity index (χ0v) is 15.1. The summed E-state index contributed by atoms with van der Waals surface area (Å²) in [5.41, 5.74) is 4.54. The minimum atomic E-state index is -0.919. The number of rotatable bonds is 5. The van der Waals surface area contributed by atoms with Crippen molar-refractivity contribution < 1.29 is 14.7 Å². The van der Waals surface area contributed by atoms with E-state index in [9.17, 15) is 9.59 Å². The number of carboxylic acid groups (broad SMARTS) is 1. The molecule has 2 unspecified atom stereocenters. The molecule has 1 fully saturated rings. The van der Waals surface area contributed by atoms with E-state index >= 15 is 0 Å². The number of aliphatic carboxylic acids is 1. The van der Waals surface area contributed by atoms with Gasteiger partial charge in [-0.1, -0.05) is 11.6 Å². The van der Waals surface area contributed by atoms with E-state index in [2.05, 4.69) is 11.4 Å². The van der Waals surface area contributed by atoms with Crippen molar-refractivity contribution in [1.29, 1.82) is 0 Å². The first-order valence-electron chi connectivity index (χ1n) is 8.73. The fourth-order valence-electron chi connectivity index (χ4n) is 3.10. The van der Waals surface area contributed by atoms with Gasteiger partial charge in [-0.15, -0.1) is 0 Å². The lowest BCUT2D eigenvalue weighted by Crippen LogP contribution is -2.40. The lowest BCUT2D eigenvalue weighted by molar-refractivity contribution is -0.141. The topological polar surface area (TPSA) is 79.3 Å². The molecule has 5 nitrogen and oxygen atoms in total. The van der Waals surface area contributed by atoms with Gasteiger partial charge in [-0.3, -0.25) is 14.6 Å². The number of hydrogen-bond acceptors (Lipinski definition) is 3. The summed E-state index contributed by atoms with van der Waals surface area (Å²) >= 11 is 0. The van der Waals surface area contributed by atoms with Crippen LogP contribution in [0.15, 0.2) is 18.2 Å². The molecule has 1 amide bonds. The maximum absolute atomic E-state index is 12.9. The van der Waals surface area contributed by atoms with Gasteiger partial charge in [0.2, 0.25) is 0 Å². The Morgan fingerprint density at radius 1 is 1.20 bits per heavy atom. The van der Waals surface area contributed by atoms with E-state index in [4.69, 9.17) is 10.1 Å². The first-order valence-corrected chi connectivity index (χ1v) is 8.73. The monoisotopic (exact) mass is 340 g/mol. The predicted octanol–water partition coefficient (Wildman–Crippen LogP) is 3.57. The Labute approximate surface area is 147 Å². The normalized spacial score (nSPS) is 16.5. The van der Waals surface area contributed by atoms with E-state index in [1.807, 2.05) is 26.0 Å². The van der Waals surface area contributed by atoms with Crippen LogP contribution in [0.2, 0.25) is 0 Å². The number of hydrogen-bond donors (Lipinski definition) is 2. The number of carbonyl (C=O) groups is 2. The van der Waals surface area contributed by atoms with Crippen LogP contribution in [0.4, 0.5) is 0 Å². The van der Waals surface area contributed by atoms with Crippen molar-refractivity contribution in [3.8, 4) is 0 Å². The van der Waals surface area contributed by atoms with Gasteiger partial charge in [0, 0.05) is 23.0 Å². The number of carbonyl (C=O) groups excluding carboxylic acids is 1. The molecule has 1 aliphatic rings. The van der Waals surface area contributed by atoms with Crippen molar-refractivity contribution in [3.05, 3.63) is 40.6 Å². The largest absolute Gasteiger partial charge is 0.481 e. The van der Waals surface area contributed by atoms with Gasteiger partial charge in [-0.25, -0.2) is 0 Å². The van der Waals surface area contributed by atoms with Crippen LogP contribution in [0.1, 0.15) is 59.8 Å². The third-order valence-corrected chi connectivity index (χ3v) is 5.01. The molecule has 0 radical (unpaired) electrons. The molecule has 1 aromatic heterocycles. The molecule has 2 N–H and O–H groups in total. The van der Waals surface area contributed by atoms with Crippen LogP contribution in [0, 0.1) is 19.8 Å². The van der Waals surface area contributed by atoms with Crippen LogP contribution < -0.4 is 5.32 Å². The maximum atomic E-state index is 12.9. The summed E-state index contributed by atoms with van der Waals surface area (Å²) in [7, 11) is 0. The molecule has 1 aliphatic carbocycles. The number of fused-ring (bicyclic) bond motifs is 1. The molecular weight excluding hydrogens is 316 g/mol. The number of pyridine rings is 1. The second kappa shape index (κ2) is 6.47. The van der Waals surface area contributed by atoms with Gasteiger partial charge in [0.1, 0.15) is 0 Å². The van der Waals surface area contributed by atoms with Crippen molar-refractivity contribution in [2.75, 3.05) is 0 Å². The summed E-state index contributed by atoms with van der Waals surface area (Å²) in [5, 5.41) is 12.8. The molecular formula is C20H24N2O3. The Bertz CT molecular complexity index is 856. The predicted molar refractivity (Wildman–Crippen MR) is 96.9 cm³/mol. The quantitative estimate of drug-likeness (QED) is 0.872. The number of nitrogens with zero attached hydrogens (tertiary/aromatic N) is 1. The highest BCUT2D eigenvalue weighted by Gasteiger charge is 2.28. The summed E-state index contributed by atoms with van der Waals surface area (Å²) in [6.45, 7) is 7.33. The Kier molecular flexibility index (Phi) is 4.50. The lowest BCUT2D eigenvalue weighted by atomic mass is 9.99. The van der Waals surface area contributed by atoms with Crippen molar-refractivity contribution in [2.24, 2.45) is 5.92 Å². The SMILES string of the molecule is Cc1cc(C)c2nc(C3CC3)cc(C(=O)NC(C)C(C)C(=O)O)c2c1. The molecule has 2 atom stereocenters.